The van der Waals surface area contributed by atoms with Gasteiger partial charge in [-0.25, -0.2) is 0 Å². The molecule has 0 saturated carbocycles. The molecule has 2 aromatic rings. The van der Waals surface area contributed by atoms with E-state index in [1.807, 2.05) is 30.5 Å². The average molecular weight is 322 g/mol. The summed E-state index contributed by atoms with van der Waals surface area (Å²) in [6.07, 6.45) is 1.98. The molecule has 0 radical (unpaired) electrons. The van der Waals surface area contributed by atoms with Crippen LogP contribution in [0.5, 0.6) is 0 Å². The molecule has 0 spiro atoms. The topological polar surface area (TPSA) is 87.7 Å². The first-order chi connectivity index (χ1) is 10.1. The summed E-state index contributed by atoms with van der Waals surface area (Å²) in [5, 5.41) is 10.7. The zero-order chi connectivity index (χ0) is 15.2. The van der Waals surface area contributed by atoms with Gasteiger partial charge in [-0.2, -0.15) is 0 Å². The fraction of sp³-hybridized carbons (Fsp3) is 0.231. The summed E-state index contributed by atoms with van der Waals surface area (Å²) in [7, 11) is 0. The van der Waals surface area contributed by atoms with Crippen LogP contribution in [0.25, 0.3) is 0 Å². The minimum absolute atomic E-state index is 0.150. The summed E-state index contributed by atoms with van der Waals surface area (Å²) >= 11 is 2.74. The number of carbonyl (C=O) groups excluding carboxylic acids is 1. The monoisotopic (exact) mass is 322 g/mol. The van der Waals surface area contributed by atoms with Gasteiger partial charge in [0.25, 0.3) is 5.56 Å². The molecule has 0 unspecified atom stereocenters. The van der Waals surface area contributed by atoms with Crippen LogP contribution < -0.4 is 10.9 Å². The first-order valence-electron chi connectivity index (χ1n) is 6.09. The highest BCUT2D eigenvalue weighted by atomic mass is 32.2. The van der Waals surface area contributed by atoms with E-state index in [1.54, 1.807) is 18.7 Å². The predicted octanol–water partition coefficient (Wildman–Crippen LogP) is 1.93. The number of hydrogen-bond acceptors (Lipinski definition) is 6. The van der Waals surface area contributed by atoms with E-state index in [0.717, 1.165) is 22.3 Å². The lowest BCUT2D eigenvalue weighted by molar-refractivity contribution is -0.113. The van der Waals surface area contributed by atoms with E-state index in [2.05, 4.69) is 20.5 Å². The molecular weight excluding hydrogens is 308 g/mol. The van der Waals surface area contributed by atoms with Crippen LogP contribution in [0.1, 0.15) is 5.69 Å². The maximum absolute atomic E-state index is 11.9. The predicted molar refractivity (Wildman–Crippen MR) is 85.0 cm³/mol. The van der Waals surface area contributed by atoms with Crippen molar-refractivity contribution in [3.05, 3.63) is 40.3 Å². The van der Waals surface area contributed by atoms with Crippen LogP contribution in [0.15, 0.2) is 39.1 Å². The van der Waals surface area contributed by atoms with Crippen molar-refractivity contribution in [3.8, 4) is 0 Å². The third-order valence-electron chi connectivity index (χ3n) is 2.53. The third-order valence-corrected chi connectivity index (χ3v) is 4.12. The standard InChI is InChI=1S/C13H14N4O2S2/c1-8-12(19)15-13(17-16-8)21-7-11(18)14-9-4-3-5-10(6-9)20-2/h3-6H,7H2,1-2H3,(H,14,18)(H,15,17,19). The number of H-pyrrole nitrogens is 1. The molecule has 1 amide bonds. The molecule has 0 bridgehead atoms. The zero-order valence-electron chi connectivity index (χ0n) is 11.5. The number of aromatic nitrogens is 3. The summed E-state index contributed by atoms with van der Waals surface area (Å²) in [4.78, 5) is 26.9. The van der Waals surface area contributed by atoms with E-state index in [9.17, 15) is 9.59 Å². The highest BCUT2D eigenvalue weighted by Crippen LogP contribution is 2.19. The Morgan fingerprint density at radius 1 is 1.38 bits per heavy atom. The summed E-state index contributed by atoms with van der Waals surface area (Å²) in [6, 6.07) is 7.59. The Labute approximate surface area is 130 Å². The van der Waals surface area contributed by atoms with E-state index in [4.69, 9.17) is 0 Å². The Balaban J connectivity index is 1.92. The lowest BCUT2D eigenvalue weighted by Crippen LogP contribution is -2.17. The van der Waals surface area contributed by atoms with Gasteiger partial charge in [0.05, 0.1) is 5.75 Å². The molecule has 1 heterocycles. The molecule has 0 aliphatic rings. The van der Waals surface area contributed by atoms with E-state index in [1.165, 1.54) is 0 Å². The summed E-state index contributed by atoms with van der Waals surface area (Å²) in [6.45, 7) is 1.58. The quantitative estimate of drug-likeness (QED) is 0.818. The molecule has 0 aliphatic heterocycles. The number of aromatic amines is 1. The maximum Gasteiger partial charge on any atom is 0.273 e. The Hall–Kier alpha value is -1.80. The van der Waals surface area contributed by atoms with Gasteiger partial charge in [0.15, 0.2) is 5.16 Å². The number of nitrogens with one attached hydrogen (secondary N) is 2. The Kier molecular flexibility index (Phi) is 5.40. The Bertz CT molecular complexity index is 703. The van der Waals surface area contributed by atoms with Crippen LogP contribution in [0.2, 0.25) is 0 Å². The molecule has 1 aromatic carbocycles. The molecule has 2 N–H and O–H groups in total. The van der Waals surface area contributed by atoms with Crippen molar-refractivity contribution in [1.29, 1.82) is 0 Å². The van der Waals surface area contributed by atoms with E-state index in [-0.39, 0.29) is 17.2 Å². The first-order valence-corrected chi connectivity index (χ1v) is 8.30. The van der Waals surface area contributed by atoms with Gasteiger partial charge < -0.3 is 5.32 Å². The molecule has 0 aliphatic carbocycles. The van der Waals surface area contributed by atoms with Crippen molar-refractivity contribution >= 4 is 35.1 Å². The summed E-state index contributed by atoms with van der Waals surface area (Å²) < 4.78 is 0. The number of carbonyl (C=O) groups is 1. The molecule has 1 aromatic heterocycles. The zero-order valence-corrected chi connectivity index (χ0v) is 13.2. The second kappa shape index (κ2) is 7.28. The normalized spacial score (nSPS) is 10.4. The molecule has 0 fully saturated rings. The van der Waals surface area contributed by atoms with Crippen molar-refractivity contribution in [1.82, 2.24) is 15.2 Å². The van der Waals surface area contributed by atoms with Gasteiger partial charge in [0.2, 0.25) is 5.91 Å². The minimum Gasteiger partial charge on any atom is -0.325 e. The molecule has 8 heteroatoms. The number of rotatable bonds is 5. The molecule has 21 heavy (non-hydrogen) atoms. The highest BCUT2D eigenvalue weighted by molar-refractivity contribution is 7.99. The van der Waals surface area contributed by atoms with E-state index < -0.39 is 0 Å². The number of amides is 1. The van der Waals surface area contributed by atoms with Crippen molar-refractivity contribution < 1.29 is 4.79 Å². The smallest absolute Gasteiger partial charge is 0.273 e. The van der Waals surface area contributed by atoms with Gasteiger partial charge >= 0.3 is 0 Å². The SMILES string of the molecule is CSc1cccc(NC(=O)CSc2nnc(C)c(=O)[nH]2)c1. The van der Waals surface area contributed by atoms with Crippen LogP contribution in [-0.4, -0.2) is 33.1 Å². The minimum atomic E-state index is -0.291. The lowest BCUT2D eigenvalue weighted by Gasteiger charge is -2.06. The number of nitrogens with zero attached hydrogens (tertiary/aromatic N) is 2. The highest BCUT2D eigenvalue weighted by Gasteiger charge is 2.07. The van der Waals surface area contributed by atoms with Crippen LogP contribution in [-0.2, 0) is 4.79 Å². The number of aryl methyl sites for hydroxylation is 1. The van der Waals surface area contributed by atoms with Gasteiger partial charge in [-0.15, -0.1) is 22.0 Å². The molecule has 0 atom stereocenters. The number of hydrogen-bond donors (Lipinski definition) is 2. The Morgan fingerprint density at radius 3 is 2.90 bits per heavy atom. The molecule has 110 valence electrons. The van der Waals surface area contributed by atoms with Crippen LogP contribution in [0, 0.1) is 6.92 Å². The van der Waals surface area contributed by atoms with Crippen LogP contribution in [0.3, 0.4) is 0 Å². The number of thioether (sulfide) groups is 2. The number of benzene rings is 1. The summed E-state index contributed by atoms with van der Waals surface area (Å²) in [5.41, 5.74) is 0.759. The maximum atomic E-state index is 11.9. The molecular formula is C13H14N4O2S2. The van der Waals surface area contributed by atoms with Crippen molar-refractivity contribution in [2.24, 2.45) is 0 Å². The molecule has 2 rings (SSSR count). The first kappa shape index (κ1) is 15.6. The van der Waals surface area contributed by atoms with Crippen LogP contribution in [0.4, 0.5) is 5.69 Å². The van der Waals surface area contributed by atoms with Gasteiger partial charge in [-0.1, -0.05) is 17.8 Å². The third kappa shape index (κ3) is 4.61. The number of anilines is 1. The largest absolute Gasteiger partial charge is 0.325 e. The van der Waals surface area contributed by atoms with Gasteiger partial charge in [0.1, 0.15) is 5.69 Å². The fourth-order valence-electron chi connectivity index (χ4n) is 1.48. The van der Waals surface area contributed by atoms with Crippen molar-refractivity contribution in [2.45, 2.75) is 17.0 Å². The molecule has 0 saturated heterocycles. The second-order valence-corrected chi connectivity index (χ2v) is 5.96. The average Bonchev–Trinajstić information content (AvgIpc) is 2.48. The van der Waals surface area contributed by atoms with Crippen molar-refractivity contribution in [3.63, 3.8) is 0 Å². The Morgan fingerprint density at radius 2 is 2.19 bits per heavy atom. The fourth-order valence-corrected chi connectivity index (χ4v) is 2.54. The summed E-state index contributed by atoms with van der Waals surface area (Å²) in [5.74, 6) is -0.0153. The second-order valence-electron chi connectivity index (χ2n) is 4.11. The van der Waals surface area contributed by atoms with Gasteiger partial charge in [0, 0.05) is 10.6 Å². The van der Waals surface area contributed by atoms with Crippen LogP contribution >= 0.6 is 23.5 Å². The molecule has 6 nitrogen and oxygen atoms in total. The lowest BCUT2D eigenvalue weighted by atomic mass is 10.3. The van der Waals surface area contributed by atoms with E-state index in [0.29, 0.717) is 10.9 Å². The van der Waals surface area contributed by atoms with Crippen molar-refractivity contribution in [2.75, 3.05) is 17.3 Å². The van der Waals surface area contributed by atoms with E-state index >= 15 is 0 Å². The van der Waals surface area contributed by atoms with Gasteiger partial charge in [-0.05, 0) is 31.4 Å². The van der Waals surface area contributed by atoms with Gasteiger partial charge in [-0.3, -0.25) is 14.6 Å².